The average molecular weight is 1000 g/mol. The van der Waals surface area contributed by atoms with Gasteiger partial charge in [-0.3, -0.25) is 9.98 Å². The van der Waals surface area contributed by atoms with Crippen molar-refractivity contribution in [3.8, 4) is 39.4 Å². The molecule has 0 amide bonds. The fourth-order valence-corrected chi connectivity index (χ4v) is 10.5. The molecule has 6 nitrogen and oxygen atoms in total. The molecule has 0 atom stereocenters. The monoisotopic (exact) mass is 1000 g/mol. The van der Waals surface area contributed by atoms with Crippen LogP contribution in [0.25, 0.3) is 39.4 Å². The van der Waals surface area contributed by atoms with E-state index in [9.17, 15) is 0 Å². The Labute approximate surface area is 430 Å². The van der Waals surface area contributed by atoms with Crippen LogP contribution in [0.15, 0.2) is 136 Å². The van der Waals surface area contributed by atoms with Crippen LogP contribution in [0, 0.1) is 27.7 Å². The Bertz CT molecular complexity index is 3250. The van der Waals surface area contributed by atoms with Gasteiger partial charge < -0.3 is 4.52 Å². The molecule has 346 valence electrons. The van der Waals surface area contributed by atoms with E-state index in [-0.39, 0.29) is 0 Å². The van der Waals surface area contributed by atoms with E-state index in [0.29, 0.717) is 34.6 Å². The van der Waals surface area contributed by atoms with E-state index < -0.39 is 0 Å². The Morgan fingerprint density at radius 1 is 0.638 bits per heavy atom. The first-order chi connectivity index (χ1) is 33.4. The van der Waals surface area contributed by atoms with Gasteiger partial charge in [-0.1, -0.05) is 154 Å². The maximum absolute atomic E-state index is 6.28. The Kier molecular flexibility index (Phi) is 14.9. The number of hydrogen-bond donors (Lipinski definition) is 0. The van der Waals surface area contributed by atoms with Crippen LogP contribution in [-0.2, 0) is 38.5 Å². The molecule has 0 spiro atoms. The third-order valence-corrected chi connectivity index (χ3v) is 14.3. The molecule has 2 heterocycles. The van der Waals surface area contributed by atoms with Gasteiger partial charge in [0.2, 0.25) is 0 Å². The van der Waals surface area contributed by atoms with Gasteiger partial charge in [0, 0.05) is 72.3 Å². The molecular formula is C58H50Cl3N5OS2. The van der Waals surface area contributed by atoms with Crippen LogP contribution in [0.4, 0.5) is 0 Å². The van der Waals surface area contributed by atoms with Crippen molar-refractivity contribution in [2.75, 3.05) is 13.1 Å². The fourth-order valence-electron chi connectivity index (χ4n) is 9.12. The number of nitrogens with zero attached hydrogens (tertiary/aromatic N) is 5. The van der Waals surface area contributed by atoms with E-state index in [1.54, 1.807) is 12.1 Å². The molecule has 2 aliphatic carbocycles. The molecule has 0 saturated carbocycles. The standard InChI is InChI=1S/C30H29N3S.C28H21Cl3N2OS/c1-20-7-11-25(12-8-20)33-30-14-10-24-15-23(9-13-27(24)29(30)19-32-33)17-31-18-26(34)16-28-21(2)5-4-6-22(28)3;1-16-2-5-18(6-3-16)28-23-9-7-19-10-17(4-8-22(19)27(23)33-34-28)14-32-15-21(35)13-24-25(30)11-20(29)12-26(24)31/h4-9,11-13,15,17,19H,10,14,16,18H2,1-3H3;2-6,8,10-12,14H,7,9,13,15H2,1H3. The molecule has 0 aliphatic heterocycles. The van der Waals surface area contributed by atoms with Crippen molar-refractivity contribution in [1.82, 2.24) is 14.9 Å². The highest BCUT2D eigenvalue weighted by molar-refractivity contribution is 7.80. The largest absolute Gasteiger partial charge is 0.355 e. The second kappa shape index (κ2) is 21.4. The van der Waals surface area contributed by atoms with Crippen molar-refractivity contribution in [1.29, 1.82) is 0 Å². The van der Waals surface area contributed by atoms with Crippen molar-refractivity contribution >= 4 is 81.4 Å². The van der Waals surface area contributed by atoms with Gasteiger partial charge in [0.05, 0.1) is 30.7 Å². The van der Waals surface area contributed by atoms with Crippen LogP contribution in [0.3, 0.4) is 0 Å². The van der Waals surface area contributed by atoms with Gasteiger partial charge in [-0.15, -0.1) is 0 Å². The Balaban J connectivity index is 0.000000172. The zero-order chi connectivity index (χ0) is 48.2. The van der Waals surface area contributed by atoms with E-state index in [1.807, 2.05) is 24.7 Å². The maximum Gasteiger partial charge on any atom is 0.170 e. The average Bonchev–Trinajstić information content (AvgIpc) is 3.98. The fraction of sp³-hybridized carbons (Fsp3) is 0.207. The number of halogens is 3. The number of aryl methyl sites for hydroxylation is 6. The molecule has 0 fully saturated rings. The summed E-state index contributed by atoms with van der Waals surface area (Å²) in [5.74, 6) is 0.866. The number of fused-ring (bicyclic) bond motifs is 6. The number of benzene rings is 6. The summed E-state index contributed by atoms with van der Waals surface area (Å²) in [6.07, 6.45) is 10.9. The Morgan fingerprint density at radius 3 is 1.84 bits per heavy atom. The van der Waals surface area contributed by atoms with Crippen LogP contribution in [0.5, 0.6) is 0 Å². The predicted molar refractivity (Wildman–Crippen MR) is 296 cm³/mol. The third-order valence-electron chi connectivity index (χ3n) is 12.8. The minimum absolute atomic E-state index is 0.412. The SMILES string of the molecule is Cc1ccc(-c2onc3c2CCc2cc(C=NCC(=S)Cc4c(Cl)cc(Cl)cc4Cl)ccc2-3)cc1.Cc1ccc(-n2ncc3c2CCc2cc(C=NCC(=S)Cc4c(C)cccc4C)ccc2-3)cc1. The van der Waals surface area contributed by atoms with Gasteiger partial charge in [-0.25, -0.2) is 4.68 Å². The molecular weight excluding hydrogens is 953 g/mol. The number of aromatic nitrogens is 3. The van der Waals surface area contributed by atoms with Gasteiger partial charge in [0.15, 0.2) is 5.76 Å². The van der Waals surface area contributed by atoms with Crippen molar-refractivity contribution in [3.63, 3.8) is 0 Å². The van der Waals surface area contributed by atoms with Gasteiger partial charge in [0.1, 0.15) is 5.69 Å². The van der Waals surface area contributed by atoms with Gasteiger partial charge in [-0.2, -0.15) is 5.10 Å². The molecule has 0 radical (unpaired) electrons. The lowest BCUT2D eigenvalue weighted by Crippen LogP contribution is -2.09. The second-order valence-electron chi connectivity index (χ2n) is 17.9. The van der Waals surface area contributed by atoms with Crippen LogP contribution in [-0.4, -0.2) is 50.2 Å². The van der Waals surface area contributed by atoms with Crippen LogP contribution < -0.4 is 0 Å². The zero-order valence-corrected chi connectivity index (χ0v) is 42.9. The highest BCUT2D eigenvalue weighted by Gasteiger charge is 2.25. The second-order valence-corrected chi connectivity index (χ2v) is 20.3. The number of aliphatic imine (C=N–C) groups is 2. The van der Waals surface area contributed by atoms with Crippen molar-refractivity contribution < 1.29 is 4.52 Å². The minimum Gasteiger partial charge on any atom is -0.355 e. The van der Waals surface area contributed by atoms with E-state index in [4.69, 9.17) is 68.9 Å². The summed E-state index contributed by atoms with van der Waals surface area (Å²) in [7, 11) is 0. The lowest BCUT2D eigenvalue weighted by Gasteiger charge is -2.18. The van der Waals surface area contributed by atoms with E-state index in [1.165, 1.54) is 61.3 Å². The van der Waals surface area contributed by atoms with Crippen molar-refractivity contribution in [2.45, 2.75) is 66.2 Å². The Hall–Kier alpha value is -5.87. The summed E-state index contributed by atoms with van der Waals surface area (Å²) in [5, 5.41) is 10.7. The van der Waals surface area contributed by atoms with E-state index >= 15 is 0 Å². The van der Waals surface area contributed by atoms with E-state index in [0.717, 1.165) is 86.8 Å². The topological polar surface area (TPSA) is 68.6 Å². The molecule has 0 saturated heterocycles. The van der Waals surface area contributed by atoms with Crippen molar-refractivity contribution in [3.05, 3.63) is 203 Å². The van der Waals surface area contributed by atoms with Gasteiger partial charge in [0.25, 0.3) is 0 Å². The van der Waals surface area contributed by atoms with Crippen molar-refractivity contribution in [2.24, 2.45) is 9.98 Å². The van der Waals surface area contributed by atoms with Crippen LogP contribution >= 0.6 is 59.2 Å². The van der Waals surface area contributed by atoms with Crippen LogP contribution in [0.1, 0.15) is 66.9 Å². The summed E-state index contributed by atoms with van der Waals surface area (Å²) in [6.45, 7) is 9.48. The quantitative estimate of drug-likeness (QED) is 0.0901. The molecule has 8 aromatic rings. The molecule has 10 rings (SSSR count). The van der Waals surface area contributed by atoms with Gasteiger partial charge >= 0.3 is 0 Å². The molecule has 0 unspecified atom stereocenters. The lowest BCUT2D eigenvalue weighted by atomic mass is 9.87. The summed E-state index contributed by atoms with van der Waals surface area (Å²) >= 11 is 29.7. The molecule has 6 aromatic carbocycles. The maximum atomic E-state index is 6.28. The first-order valence-corrected chi connectivity index (χ1v) is 25.0. The highest BCUT2D eigenvalue weighted by Crippen LogP contribution is 2.39. The molecule has 0 N–H and O–H groups in total. The van der Waals surface area contributed by atoms with E-state index in [2.05, 4.69) is 145 Å². The summed E-state index contributed by atoms with van der Waals surface area (Å²) in [6, 6.07) is 39.6. The highest BCUT2D eigenvalue weighted by atomic mass is 35.5. The first-order valence-electron chi connectivity index (χ1n) is 23.1. The van der Waals surface area contributed by atoms with Crippen LogP contribution in [0.2, 0.25) is 15.1 Å². The molecule has 2 aromatic heterocycles. The predicted octanol–water partition coefficient (Wildman–Crippen LogP) is 15.0. The number of thiocarbonyl (C=S) groups is 2. The first kappa shape index (κ1) is 48.2. The third kappa shape index (κ3) is 11.1. The molecule has 11 heteroatoms. The zero-order valence-electron chi connectivity index (χ0n) is 39.0. The summed E-state index contributed by atoms with van der Waals surface area (Å²) < 4.78 is 7.86. The number of rotatable bonds is 12. The van der Waals surface area contributed by atoms with Gasteiger partial charge in [-0.05, 0) is 140 Å². The summed E-state index contributed by atoms with van der Waals surface area (Å²) in [4.78, 5) is 10.9. The molecule has 2 aliphatic rings. The minimum atomic E-state index is 0.412. The molecule has 69 heavy (non-hydrogen) atoms. The molecule has 0 bridgehead atoms. The number of hydrogen-bond acceptors (Lipinski definition) is 7. The Morgan fingerprint density at radius 2 is 1.20 bits per heavy atom. The smallest absolute Gasteiger partial charge is 0.170 e. The normalized spacial score (nSPS) is 12.6. The summed E-state index contributed by atoms with van der Waals surface area (Å²) in [5.41, 5.74) is 21.2. The lowest BCUT2D eigenvalue weighted by molar-refractivity contribution is 0.434.